The molecule has 0 N–H and O–H groups in total. The molecule has 7 heteroatoms. The molecule has 2 rings (SSSR count). The van der Waals surface area contributed by atoms with Crippen LogP contribution in [0.2, 0.25) is 0 Å². The summed E-state index contributed by atoms with van der Waals surface area (Å²) in [5.74, 6) is -0.699. The van der Waals surface area contributed by atoms with Crippen molar-refractivity contribution in [3.63, 3.8) is 0 Å². The van der Waals surface area contributed by atoms with Gasteiger partial charge in [0, 0.05) is 0 Å². The summed E-state index contributed by atoms with van der Waals surface area (Å²) < 4.78 is 9.80. The van der Waals surface area contributed by atoms with Gasteiger partial charge < -0.3 is 0 Å². The Balaban J connectivity index is 1.93. The summed E-state index contributed by atoms with van der Waals surface area (Å²) in [7, 11) is 0. The Morgan fingerprint density at radius 2 is 2.47 bits per heavy atom. The van der Waals surface area contributed by atoms with E-state index in [1.54, 1.807) is 0 Å². The monoisotopic (exact) mass is 434 g/mol. The van der Waals surface area contributed by atoms with Gasteiger partial charge in [-0.3, -0.25) is 0 Å². The number of cyclic esters (lactones) is 1. The van der Waals surface area contributed by atoms with Crippen molar-refractivity contribution < 1.29 is 40.1 Å². The summed E-state index contributed by atoms with van der Waals surface area (Å²) in [6, 6.07) is 0. The Kier molecular flexibility index (Phi) is 3.49. The molecule has 0 aromatic heterocycles. The van der Waals surface area contributed by atoms with Gasteiger partial charge >= 0.3 is 113 Å². The van der Waals surface area contributed by atoms with Gasteiger partial charge in [0.2, 0.25) is 0 Å². The Morgan fingerprint density at radius 1 is 1.80 bits per heavy atom. The molecule has 3 unspecified atom stereocenters. The van der Waals surface area contributed by atoms with Crippen molar-refractivity contribution in [1.82, 2.24) is 0 Å². The van der Waals surface area contributed by atoms with Gasteiger partial charge in [-0.05, 0) is 0 Å². The molecular weight excluding hydrogens is 425 g/mol. The maximum atomic E-state index is 11.8. The summed E-state index contributed by atoms with van der Waals surface area (Å²) in [6.07, 6.45) is -0.190. The van der Waals surface area contributed by atoms with Gasteiger partial charge in [0.1, 0.15) is 0 Å². The first-order valence-electron chi connectivity index (χ1n) is 4.54. The molecule has 2 fully saturated rings. The van der Waals surface area contributed by atoms with Crippen molar-refractivity contribution in [2.75, 3.05) is 6.61 Å². The Hall–Kier alpha value is 0.465. The van der Waals surface area contributed by atoms with Gasteiger partial charge in [-0.25, -0.2) is 0 Å². The second-order valence-electron chi connectivity index (χ2n) is 3.58. The number of alkyl halides is 2. The molecule has 2 saturated heterocycles. The zero-order valence-corrected chi connectivity index (χ0v) is 12.4. The molecule has 0 bridgehead atoms. The standard InChI is InChI=1S/C8H9BI2O4/c1-8(10,6-9-11-6)7(13)15-4-2-3-14-5(4)12/h4,6H,2-3H2,1H3/q-1. The van der Waals surface area contributed by atoms with Crippen LogP contribution in [-0.2, 0) is 19.1 Å². The molecule has 83 valence electrons. The normalized spacial score (nSPS) is 33.1. The zero-order chi connectivity index (χ0) is 11.1. The molecule has 3 atom stereocenters. The van der Waals surface area contributed by atoms with Gasteiger partial charge in [0.15, 0.2) is 0 Å². The van der Waals surface area contributed by atoms with Gasteiger partial charge in [-0.15, -0.1) is 0 Å². The van der Waals surface area contributed by atoms with Crippen LogP contribution in [0.25, 0.3) is 0 Å². The zero-order valence-electron chi connectivity index (χ0n) is 8.04. The average molecular weight is 434 g/mol. The SMILES string of the molecule is CC(I)(C(=O)OC1CCOC1=O)C1[B][I-]1. The fraction of sp³-hybridized carbons (Fsp3) is 0.750. The number of carbonyl (C=O) groups is 2. The third kappa shape index (κ3) is 2.59. The van der Waals surface area contributed by atoms with E-state index in [2.05, 4.69) is 27.7 Å². The maximum absolute atomic E-state index is 11.8. The first kappa shape index (κ1) is 11.9. The van der Waals surface area contributed by atoms with Crippen LogP contribution >= 0.6 is 22.6 Å². The van der Waals surface area contributed by atoms with Crippen molar-refractivity contribution in [3.05, 3.63) is 0 Å². The Morgan fingerprint density at radius 3 is 2.93 bits per heavy atom. The van der Waals surface area contributed by atoms with Crippen LogP contribution in [0.3, 0.4) is 0 Å². The summed E-state index contributed by atoms with van der Waals surface area (Å²) in [5, 5.41) is 2.18. The Bertz CT molecular complexity index is 303. The van der Waals surface area contributed by atoms with E-state index in [9.17, 15) is 9.59 Å². The molecule has 0 saturated carbocycles. The van der Waals surface area contributed by atoms with Gasteiger partial charge in [0.05, 0.1) is 0 Å². The summed E-state index contributed by atoms with van der Waals surface area (Å²) >= 11 is 2.19. The fourth-order valence-corrected chi connectivity index (χ4v) is 4.98. The van der Waals surface area contributed by atoms with Crippen molar-refractivity contribution in [2.45, 2.75) is 26.7 Å². The third-order valence-electron chi connectivity index (χ3n) is 2.31. The first-order valence-corrected chi connectivity index (χ1v) is 8.11. The van der Waals surface area contributed by atoms with Crippen LogP contribution in [-0.4, -0.2) is 37.0 Å². The van der Waals surface area contributed by atoms with Crippen molar-refractivity contribution in [3.8, 4) is 0 Å². The molecule has 2 heterocycles. The topological polar surface area (TPSA) is 52.6 Å². The molecule has 1 radical (unpaired) electrons. The number of hydrogen-bond acceptors (Lipinski definition) is 4. The van der Waals surface area contributed by atoms with Crippen LogP contribution in [0, 0.1) is 0 Å². The van der Waals surface area contributed by atoms with Gasteiger partial charge in [-0.1, -0.05) is 0 Å². The minimum absolute atomic E-state index is 0.0707. The number of esters is 2. The minimum atomic E-state index is -0.677. The van der Waals surface area contributed by atoms with E-state index in [4.69, 9.17) is 9.47 Å². The molecule has 0 amide bonds. The molecule has 15 heavy (non-hydrogen) atoms. The Labute approximate surface area is 112 Å². The number of hydrogen-bond donors (Lipinski definition) is 0. The molecule has 0 aromatic carbocycles. The molecule has 2 aliphatic heterocycles. The number of ether oxygens (including phenoxy) is 2. The quantitative estimate of drug-likeness (QED) is 0.207. The van der Waals surface area contributed by atoms with Gasteiger partial charge in [0.25, 0.3) is 0 Å². The van der Waals surface area contributed by atoms with Crippen molar-refractivity contribution in [1.29, 1.82) is 0 Å². The van der Waals surface area contributed by atoms with E-state index in [-0.39, 0.29) is 27.0 Å². The second kappa shape index (κ2) is 4.38. The summed E-state index contributed by atoms with van der Waals surface area (Å²) in [6.45, 7) is 2.22. The molecule has 2 aliphatic rings. The molecular formula is C8H9BI2O4-. The van der Waals surface area contributed by atoms with E-state index in [0.29, 0.717) is 16.9 Å². The van der Waals surface area contributed by atoms with Gasteiger partial charge in [-0.2, -0.15) is 0 Å². The van der Waals surface area contributed by atoms with E-state index in [0.717, 1.165) is 0 Å². The van der Waals surface area contributed by atoms with Crippen LogP contribution in [0.5, 0.6) is 0 Å². The van der Waals surface area contributed by atoms with Crippen LogP contribution in [0.15, 0.2) is 0 Å². The molecule has 0 aliphatic carbocycles. The average Bonchev–Trinajstić information content (AvgIpc) is 2.94. The first-order chi connectivity index (χ1) is 7.01. The molecule has 4 nitrogen and oxygen atoms in total. The van der Waals surface area contributed by atoms with Crippen LogP contribution in [0.1, 0.15) is 13.3 Å². The molecule has 0 spiro atoms. The third-order valence-corrected chi connectivity index (χ3v) is 7.29. The van der Waals surface area contributed by atoms with E-state index >= 15 is 0 Å². The van der Waals surface area contributed by atoms with E-state index in [1.807, 2.05) is 6.92 Å². The predicted octanol–water partition coefficient (Wildman–Crippen LogP) is -2.91. The summed E-state index contributed by atoms with van der Waals surface area (Å²) in [4.78, 5) is 22.9. The van der Waals surface area contributed by atoms with Crippen LogP contribution in [0.4, 0.5) is 0 Å². The van der Waals surface area contributed by atoms with Crippen molar-refractivity contribution in [2.24, 2.45) is 0 Å². The second-order valence-corrected chi connectivity index (χ2v) is 8.60. The summed E-state index contributed by atoms with van der Waals surface area (Å²) in [5.41, 5.74) is 0. The number of halogens is 2. The number of carbonyl (C=O) groups excluding carboxylic acids is 2. The van der Waals surface area contributed by atoms with Crippen molar-refractivity contribution >= 4 is 39.7 Å². The van der Waals surface area contributed by atoms with E-state index < -0.39 is 15.5 Å². The van der Waals surface area contributed by atoms with E-state index in [1.165, 1.54) is 0 Å². The van der Waals surface area contributed by atoms with Crippen LogP contribution < -0.4 is 21.0 Å². The molecule has 0 aromatic rings. The fourth-order valence-electron chi connectivity index (χ4n) is 1.21. The number of rotatable bonds is 3. The predicted molar refractivity (Wildman–Crippen MR) is 57.4 cm³/mol.